The van der Waals surface area contributed by atoms with Gasteiger partial charge in [0.2, 0.25) is 0 Å². The Hall–Kier alpha value is -4.39. The summed E-state index contributed by atoms with van der Waals surface area (Å²) >= 11 is 0. The zero-order valence-electron chi connectivity index (χ0n) is 50.4. The van der Waals surface area contributed by atoms with Gasteiger partial charge in [0.15, 0.2) is 12.6 Å². The largest absolute Gasteiger partial charge is 0.457 e. The molecular formula is C69H108O14. The predicted molar refractivity (Wildman–Crippen MR) is 334 cm³/mol. The summed E-state index contributed by atoms with van der Waals surface area (Å²) in [4.78, 5) is 13.1. The van der Waals surface area contributed by atoms with Crippen molar-refractivity contribution >= 4 is 5.97 Å². The molecule has 2 rings (SSSR count). The second kappa shape index (κ2) is 53.1. The fraction of sp³-hybridized carbons (Fsp3) is 0.609. The molecule has 2 saturated heterocycles. The van der Waals surface area contributed by atoms with E-state index in [0.29, 0.717) is 13.0 Å². The Morgan fingerprint density at radius 2 is 0.747 bits per heavy atom. The summed E-state index contributed by atoms with van der Waals surface area (Å²) in [6, 6.07) is 0. The van der Waals surface area contributed by atoms with Crippen molar-refractivity contribution in [2.75, 3.05) is 33.0 Å². The van der Waals surface area contributed by atoms with Gasteiger partial charge >= 0.3 is 5.97 Å². The van der Waals surface area contributed by atoms with Gasteiger partial charge in [0.25, 0.3) is 0 Å². The summed E-state index contributed by atoms with van der Waals surface area (Å²) in [6.07, 6.45) is 63.0. The normalized spacial score (nSPS) is 24.5. The summed E-state index contributed by atoms with van der Waals surface area (Å²) < 4.78 is 34.4. The molecule has 2 aliphatic heterocycles. The van der Waals surface area contributed by atoms with Gasteiger partial charge in [0.05, 0.1) is 26.4 Å². The number of hydrogen-bond acceptors (Lipinski definition) is 14. The monoisotopic (exact) mass is 1160 g/mol. The average molecular weight is 1160 g/mol. The number of ether oxygens (including phenoxy) is 6. The third-order valence-corrected chi connectivity index (χ3v) is 13.5. The summed E-state index contributed by atoms with van der Waals surface area (Å²) in [5, 5.41) is 72.5. The number of esters is 1. The molecule has 83 heavy (non-hydrogen) atoms. The van der Waals surface area contributed by atoms with Crippen LogP contribution in [0.15, 0.2) is 158 Å². The van der Waals surface area contributed by atoms with Crippen molar-refractivity contribution in [3.63, 3.8) is 0 Å². The quantitative estimate of drug-likeness (QED) is 0.0172. The van der Waals surface area contributed by atoms with Crippen molar-refractivity contribution in [2.45, 2.75) is 235 Å². The van der Waals surface area contributed by atoms with Crippen LogP contribution in [0.4, 0.5) is 0 Å². The maximum atomic E-state index is 13.1. The lowest BCUT2D eigenvalue weighted by molar-refractivity contribution is -0.332. The van der Waals surface area contributed by atoms with Crippen molar-refractivity contribution in [3.05, 3.63) is 158 Å². The molecule has 0 radical (unpaired) electrons. The minimum absolute atomic E-state index is 0.0215. The standard InChI is InChI=1S/C69H108O14/c1-3-5-7-9-11-13-15-17-19-21-23-25-27-29-30-32-34-36-38-40-42-44-46-48-50-52-61(71)81-58(56-79-68-67(77)65(75)63(73)60(83-68)57-80-69-66(76)64(74)62(72)59(54-70)82-69)55-78-53-51-49-47-45-43-41-39-37-35-33-31-28-26-24-22-20-18-16-14-12-10-8-6-4-2/h5-8,11-14,17-20,23-26,29-31,33-34,36-37,39-40,42,58-60,62-70,72-77H,3-4,9-10,15-16,21-22,27-28,32,35,38,41,43-57H2,1-2H3/b7-5-,8-6-,13-11-,14-12-,19-17-,20-18-,25-23-,26-24-,30-29-,33-31-,36-34-,39-37-,42-40-. The first-order valence-corrected chi connectivity index (χ1v) is 31.1. The van der Waals surface area contributed by atoms with E-state index >= 15 is 0 Å². The van der Waals surface area contributed by atoms with E-state index in [1.807, 2.05) is 0 Å². The SMILES string of the molecule is CC/C=C\C/C=C\C/C=C\C/C=C\C/C=C\C/C=C\C/C=C\CCCCCC(=O)OC(COCCCCCCC/C=C\C/C=C\C/C=C\C/C=C\C/C=C\C/C=C\CC)COC1OC(COC2OC(CO)C(O)C(O)C2O)C(O)C(O)C1O. The first-order chi connectivity index (χ1) is 40.6. The van der Waals surface area contributed by atoms with Crippen LogP contribution in [0.2, 0.25) is 0 Å². The van der Waals surface area contributed by atoms with Gasteiger partial charge < -0.3 is 64.2 Å². The molecule has 7 N–H and O–H groups in total. The van der Waals surface area contributed by atoms with E-state index in [1.165, 1.54) is 0 Å². The maximum Gasteiger partial charge on any atom is 0.306 e. The Balaban J connectivity index is 1.74. The molecule has 2 heterocycles. The third kappa shape index (κ3) is 39.0. The molecule has 0 saturated carbocycles. The van der Waals surface area contributed by atoms with Crippen LogP contribution >= 0.6 is 0 Å². The Bertz CT molecular complexity index is 1980. The van der Waals surface area contributed by atoms with Crippen molar-refractivity contribution in [2.24, 2.45) is 0 Å². The Morgan fingerprint density at radius 3 is 1.17 bits per heavy atom. The van der Waals surface area contributed by atoms with Gasteiger partial charge in [-0.25, -0.2) is 0 Å². The van der Waals surface area contributed by atoms with Crippen molar-refractivity contribution < 1.29 is 69.0 Å². The van der Waals surface area contributed by atoms with E-state index < -0.39 is 86.7 Å². The van der Waals surface area contributed by atoms with Gasteiger partial charge in [-0.05, 0) is 122 Å². The number of carbonyl (C=O) groups is 1. The molecule has 11 unspecified atom stereocenters. The molecular weight excluding hydrogens is 1050 g/mol. The number of aliphatic hydroxyl groups excluding tert-OH is 7. The fourth-order valence-corrected chi connectivity index (χ4v) is 8.62. The topological polar surface area (TPSA) is 214 Å². The zero-order chi connectivity index (χ0) is 60.1. The molecule has 0 spiro atoms. The minimum Gasteiger partial charge on any atom is -0.457 e. The van der Waals surface area contributed by atoms with E-state index in [0.717, 1.165) is 141 Å². The van der Waals surface area contributed by atoms with E-state index in [-0.39, 0.29) is 19.6 Å². The maximum absolute atomic E-state index is 13.1. The van der Waals surface area contributed by atoms with E-state index in [2.05, 4.69) is 172 Å². The van der Waals surface area contributed by atoms with Crippen LogP contribution < -0.4 is 0 Å². The highest BCUT2D eigenvalue weighted by Crippen LogP contribution is 2.26. The number of unbranched alkanes of at least 4 members (excludes halogenated alkanes) is 8. The Labute approximate surface area is 499 Å². The van der Waals surface area contributed by atoms with Gasteiger partial charge in [-0.1, -0.05) is 198 Å². The molecule has 2 aliphatic rings. The minimum atomic E-state index is -1.73. The lowest BCUT2D eigenvalue weighted by atomic mass is 9.98. The summed E-state index contributed by atoms with van der Waals surface area (Å²) in [7, 11) is 0. The molecule has 468 valence electrons. The Morgan fingerprint density at radius 1 is 0.398 bits per heavy atom. The van der Waals surface area contributed by atoms with E-state index in [1.54, 1.807) is 0 Å². The van der Waals surface area contributed by atoms with E-state index in [9.17, 15) is 40.5 Å². The van der Waals surface area contributed by atoms with Crippen LogP contribution in [0, 0.1) is 0 Å². The second-order valence-electron chi connectivity index (χ2n) is 20.8. The van der Waals surface area contributed by atoms with Gasteiger partial charge in [0, 0.05) is 13.0 Å². The molecule has 11 atom stereocenters. The van der Waals surface area contributed by atoms with Crippen LogP contribution in [0.3, 0.4) is 0 Å². The molecule has 14 heteroatoms. The molecule has 0 aromatic rings. The van der Waals surface area contributed by atoms with Crippen LogP contribution in [0.25, 0.3) is 0 Å². The van der Waals surface area contributed by atoms with Gasteiger partial charge in [-0.3, -0.25) is 4.79 Å². The van der Waals surface area contributed by atoms with E-state index in [4.69, 9.17) is 28.4 Å². The number of carbonyl (C=O) groups excluding carboxylic acids is 1. The van der Waals surface area contributed by atoms with Gasteiger partial charge in [0.1, 0.15) is 54.9 Å². The molecule has 0 bridgehead atoms. The van der Waals surface area contributed by atoms with Crippen LogP contribution in [0.5, 0.6) is 0 Å². The highest BCUT2D eigenvalue weighted by molar-refractivity contribution is 5.69. The van der Waals surface area contributed by atoms with Gasteiger partial charge in [-0.2, -0.15) is 0 Å². The Kier molecular flexibility index (Phi) is 47.8. The lowest BCUT2D eigenvalue weighted by Crippen LogP contribution is -2.61. The lowest BCUT2D eigenvalue weighted by Gasteiger charge is -2.42. The third-order valence-electron chi connectivity index (χ3n) is 13.5. The first-order valence-electron chi connectivity index (χ1n) is 31.1. The first kappa shape index (κ1) is 74.7. The number of allylic oxidation sites excluding steroid dienone is 26. The number of hydrogen-bond donors (Lipinski definition) is 7. The molecule has 0 aliphatic carbocycles. The molecule has 0 aromatic carbocycles. The molecule has 14 nitrogen and oxygen atoms in total. The van der Waals surface area contributed by atoms with Crippen molar-refractivity contribution in [3.8, 4) is 0 Å². The zero-order valence-corrected chi connectivity index (χ0v) is 50.4. The van der Waals surface area contributed by atoms with Crippen LogP contribution in [-0.2, 0) is 33.2 Å². The fourth-order valence-electron chi connectivity index (χ4n) is 8.62. The highest BCUT2D eigenvalue weighted by Gasteiger charge is 2.47. The molecule has 0 amide bonds. The number of rotatable bonds is 48. The van der Waals surface area contributed by atoms with Gasteiger partial charge in [-0.15, -0.1) is 0 Å². The smallest absolute Gasteiger partial charge is 0.306 e. The van der Waals surface area contributed by atoms with Crippen molar-refractivity contribution in [1.82, 2.24) is 0 Å². The summed E-state index contributed by atoms with van der Waals surface area (Å²) in [6.45, 7) is 3.33. The summed E-state index contributed by atoms with van der Waals surface area (Å²) in [5.41, 5.74) is 0. The molecule has 2 fully saturated rings. The highest BCUT2D eigenvalue weighted by atomic mass is 16.7. The molecule has 0 aromatic heterocycles. The van der Waals surface area contributed by atoms with Crippen LogP contribution in [0.1, 0.15) is 168 Å². The number of aliphatic hydroxyl groups is 7. The predicted octanol–water partition coefficient (Wildman–Crippen LogP) is 12.2. The average Bonchev–Trinajstić information content (AvgIpc) is 3.67. The summed E-state index contributed by atoms with van der Waals surface area (Å²) in [5.74, 6) is -0.423. The van der Waals surface area contributed by atoms with Crippen LogP contribution in [-0.4, -0.2) is 142 Å². The second-order valence-corrected chi connectivity index (χ2v) is 20.8. The van der Waals surface area contributed by atoms with Crippen molar-refractivity contribution in [1.29, 1.82) is 0 Å².